The van der Waals surface area contributed by atoms with Gasteiger partial charge in [-0.3, -0.25) is 4.79 Å². The molecular formula is C25H41NO4. The minimum absolute atomic E-state index is 0.154. The number of para-hydroxylation sites is 2. The second-order valence-corrected chi connectivity index (χ2v) is 7.90. The van der Waals surface area contributed by atoms with Crippen LogP contribution in [0.25, 0.3) is 0 Å². The molecule has 1 unspecified atom stereocenters. The van der Waals surface area contributed by atoms with Gasteiger partial charge in [-0.05, 0) is 18.6 Å². The maximum atomic E-state index is 12.3. The summed E-state index contributed by atoms with van der Waals surface area (Å²) in [6.45, 7) is 11.3. The molecule has 0 aromatic heterocycles. The highest BCUT2D eigenvalue weighted by Crippen LogP contribution is 2.26. The highest BCUT2D eigenvalue weighted by molar-refractivity contribution is 5.69. The zero-order valence-electron chi connectivity index (χ0n) is 19.2. The molecule has 0 fully saturated rings. The first-order chi connectivity index (χ1) is 14.6. The Bertz CT molecular complexity index is 588. The Morgan fingerprint density at radius 2 is 1.67 bits per heavy atom. The van der Waals surface area contributed by atoms with Crippen LogP contribution >= 0.6 is 0 Å². The van der Waals surface area contributed by atoms with E-state index in [9.17, 15) is 4.79 Å². The van der Waals surface area contributed by atoms with Crippen molar-refractivity contribution in [1.29, 1.82) is 0 Å². The van der Waals surface area contributed by atoms with E-state index in [0.29, 0.717) is 37.1 Å². The van der Waals surface area contributed by atoms with Crippen LogP contribution in [0.3, 0.4) is 0 Å². The highest BCUT2D eigenvalue weighted by Gasteiger charge is 2.17. The number of carbonyl (C=O) groups excluding carboxylic acids is 1. The highest BCUT2D eigenvalue weighted by atomic mass is 16.6. The van der Waals surface area contributed by atoms with Crippen molar-refractivity contribution in [2.24, 2.45) is 0 Å². The van der Waals surface area contributed by atoms with Crippen molar-refractivity contribution >= 4 is 5.97 Å². The molecule has 0 heterocycles. The maximum Gasteiger partial charge on any atom is 0.306 e. The predicted octanol–water partition coefficient (Wildman–Crippen LogP) is 5.68. The number of nitrogens with one attached hydrogen (secondary N) is 1. The standard InChI is InChI=1S/C25H41NO4/c1-5-7-8-9-10-11-12-17-25(27)30-22(19-26-21(3)4)20-29-24-16-14-13-15-23(24)28-18-6-2/h6,13-16,21-22,26H,2,5,7-12,17-20H2,1,3-4H3. The fourth-order valence-electron chi connectivity index (χ4n) is 2.99. The van der Waals surface area contributed by atoms with Crippen LogP contribution < -0.4 is 14.8 Å². The number of ether oxygens (including phenoxy) is 3. The number of unbranched alkanes of at least 4 members (excludes halogenated alkanes) is 6. The van der Waals surface area contributed by atoms with E-state index in [4.69, 9.17) is 14.2 Å². The molecule has 0 radical (unpaired) electrons. The van der Waals surface area contributed by atoms with E-state index in [1.165, 1.54) is 32.1 Å². The van der Waals surface area contributed by atoms with Crippen LogP contribution in [-0.4, -0.2) is 37.9 Å². The van der Waals surface area contributed by atoms with Crippen molar-refractivity contribution in [2.45, 2.75) is 84.3 Å². The largest absolute Gasteiger partial charge is 0.486 e. The van der Waals surface area contributed by atoms with Gasteiger partial charge in [0, 0.05) is 19.0 Å². The van der Waals surface area contributed by atoms with Gasteiger partial charge in [0.2, 0.25) is 0 Å². The lowest BCUT2D eigenvalue weighted by molar-refractivity contribution is -0.150. The first-order valence-corrected chi connectivity index (χ1v) is 11.4. The number of esters is 1. The van der Waals surface area contributed by atoms with Crippen LogP contribution in [0.2, 0.25) is 0 Å². The number of hydrogen-bond acceptors (Lipinski definition) is 5. The van der Waals surface area contributed by atoms with Crippen LogP contribution in [-0.2, 0) is 9.53 Å². The summed E-state index contributed by atoms with van der Waals surface area (Å²) in [4.78, 5) is 12.3. The summed E-state index contributed by atoms with van der Waals surface area (Å²) in [5, 5.41) is 3.33. The summed E-state index contributed by atoms with van der Waals surface area (Å²) in [5.41, 5.74) is 0. The van der Waals surface area contributed by atoms with Gasteiger partial charge in [0.25, 0.3) is 0 Å². The molecule has 1 aromatic carbocycles. The maximum absolute atomic E-state index is 12.3. The molecule has 1 N–H and O–H groups in total. The lowest BCUT2D eigenvalue weighted by Crippen LogP contribution is -2.38. The van der Waals surface area contributed by atoms with E-state index >= 15 is 0 Å². The Labute approximate surface area is 183 Å². The summed E-state index contributed by atoms with van der Waals surface area (Å²) < 4.78 is 17.3. The third kappa shape index (κ3) is 12.5. The van der Waals surface area contributed by atoms with Crippen molar-refractivity contribution in [2.75, 3.05) is 19.8 Å². The minimum atomic E-state index is -0.350. The Hall–Kier alpha value is -2.01. The Morgan fingerprint density at radius 3 is 2.30 bits per heavy atom. The zero-order chi connectivity index (χ0) is 22.0. The van der Waals surface area contributed by atoms with Gasteiger partial charge in [-0.15, -0.1) is 0 Å². The van der Waals surface area contributed by atoms with Crippen molar-refractivity contribution in [3.05, 3.63) is 36.9 Å². The van der Waals surface area contributed by atoms with Gasteiger partial charge in [0.1, 0.15) is 19.3 Å². The number of benzene rings is 1. The molecular weight excluding hydrogens is 378 g/mol. The topological polar surface area (TPSA) is 56.8 Å². The fraction of sp³-hybridized carbons (Fsp3) is 0.640. The van der Waals surface area contributed by atoms with Crippen molar-refractivity contribution in [3.63, 3.8) is 0 Å². The number of hydrogen-bond donors (Lipinski definition) is 1. The average molecular weight is 420 g/mol. The second kappa shape index (κ2) is 16.8. The smallest absolute Gasteiger partial charge is 0.306 e. The number of rotatable bonds is 18. The Balaban J connectivity index is 2.47. The SMILES string of the molecule is C=CCOc1ccccc1OCC(CNC(C)C)OC(=O)CCCCCCCCC. The van der Waals surface area contributed by atoms with Gasteiger partial charge in [-0.2, -0.15) is 0 Å². The Morgan fingerprint density at radius 1 is 1.03 bits per heavy atom. The Kier molecular flexibility index (Phi) is 14.5. The lowest BCUT2D eigenvalue weighted by atomic mass is 10.1. The molecule has 0 aliphatic heterocycles. The quantitative estimate of drug-likeness (QED) is 0.188. The summed E-state index contributed by atoms with van der Waals surface area (Å²) in [7, 11) is 0. The van der Waals surface area contributed by atoms with Crippen LogP contribution in [0.1, 0.15) is 72.1 Å². The molecule has 170 valence electrons. The fourth-order valence-corrected chi connectivity index (χ4v) is 2.99. The predicted molar refractivity (Wildman–Crippen MR) is 123 cm³/mol. The van der Waals surface area contributed by atoms with Gasteiger partial charge >= 0.3 is 5.97 Å². The van der Waals surface area contributed by atoms with Gasteiger partial charge in [0.15, 0.2) is 11.5 Å². The van der Waals surface area contributed by atoms with E-state index in [2.05, 4.69) is 32.7 Å². The molecule has 1 aromatic rings. The van der Waals surface area contributed by atoms with Crippen molar-refractivity contribution < 1.29 is 19.0 Å². The number of carbonyl (C=O) groups is 1. The van der Waals surface area contributed by atoms with E-state index < -0.39 is 0 Å². The molecule has 0 spiro atoms. The molecule has 0 saturated carbocycles. The molecule has 5 nitrogen and oxygen atoms in total. The molecule has 0 aliphatic rings. The molecule has 5 heteroatoms. The summed E-state index contributed by atoms with van der Waals surface area (Å²) in [6, 6.07) is 7.80. The average Bonchev–Trinajstić information content (AvgIpc) is 2.74. The first kappa shape index (κ1) is 26.0. The van der Waals surface area contributed by atoms with Crippen LogP contribution in [0.5, 0.6) is 11.5 Å². The zero-order valence-corrected chi connectivity index (χ0v) is 19.2. The summed E-state index contributed by atoms with van der Waals surface area (Å²) in [5.74, 6) is 1.14. The van der Waals surface area contributed by atoms with Crippen LogP contribution in [0.4, 0.5) is 0 Å². The second-order valence-electron chi connectivity index (χ2n) is 7.90. The van der Waals surface area contributed by atoms with E-state index in [0.717, 1.165) is 12.8 Å². The third-order valence-electron chi connectivity index (χ3n) is 4.67. The molecule has 0 amide bonds. The summed E-state index contributed by atoms with van der Waals surface area (Å²) >= 11 is 0. The van der Waals surface area contributed by atoms with Crippen LogP contribution in [0.15, 0.2) is 36.9 Å². The third-order valence-corrected chi connectivity index (χ3v) is 4.67. The first-order valence-electron chi connectivity index (χ1n) is 11.4. The van der Waals surface area contributed by atoms with Gasteiger partial charge in [0.05, 0.1) is 0 Å². The van der Waals surface area contributed by atoms with Crippen molar-refractivity contribution in [1.82, 2.24) is 5.32 Å². The minimum Gasteiger partial charge on any atom is -0.486 e. The van der Waals surface area contributed by atoms with Gasteiger partial charge < -0.3 is 19.5 Å². The van der Waals surface area contributed by atoms with Gasteiger partial charge in [-0.25, -0.2) is 0 Å². The van der Waals surface area contributed by atoms with E-state index in [-0.39, 0.29) is 18.7 Å². The van der Waals surface area contributed by atoms with Gasteiger partial charge in [-0.1, -0.05) is 84.1 Å². The lowest BCUT2D eigenvalue weighted by Gasteiger charge is -2.21. The molecule has 1 atom stereocenters. The molecule has 30 heavy (non-hydrogen) atoms. The summed E-state index contributed by atoms with van der Waals surface area (Å²) in [6.07, 6.45) is 10.1. The van der Waals surface area contributed by atoms with E-state index in [1.807, 2.05) is 24.3 Å². The monoisotopic (exact) mass is 419 g/mol. The van der Waals surface area contributed by atoms with Crippen molar-refractivity contribution in [3.8, 4) is 11.5 Å². The normalized spacial score (nSPS) is 11.9. The molecule has 1 rings (SSSR count). The molecule has 0 bridgehead atoms. The van der Waals surface area contributed by atoms with Crippen LogP contribution in [0, 0.1) is 0 Å². The van der Waals surface area contributed by atoms with E-state index in [1.54, 1.807) is 6.08 Å². The molecule has 0 aliphatic carbocycles. The molecule has 0 saturated heterocycles.